The Morgan fingerprint density at radius 1 is 0.867 bits per heavy atom. The summed E-state index contributed by atoms with van der Waals surface area (Å²) >= 11 is 0. The zero-order valence-corrected chi connectivity index (χ0v) is 8.77. The highest BCUT2D eigenvalue weighted by atomic mass is 16.5. The van der Waals surface area contributed by atoms with Crippen molar-refractivity contribution >= 4 is 0 Å². The summed E-state index contributed by atoms with van der Waals surface area (Å²) in [6.07, 6.45) is 3.45. The van der Waals surface area contributed by atoms with E-state index >= 15 is 0 Å². The summed E-state index contributed by atoms with van der Waals surface area (Å²) in [4.78, 5) is 8.20. The highest BCUT2D eigenvalue weighted by molar-refractivity contribution is 5.25. The Balaban J connectivity index is 2.22. The third kappa shape index (κ3) is 2.53. The first kappa shape index (κ1) is 9.65. The second-order valence-electron chi connectivity index (χ2n) is 3.44. The molecule has 0 N–H and O–H groups in total. The molecule has 0 aromatic carbocycles. The standard InChI is InChI=1S/C12H12N2O/c1-9-3-5-13-11(7-9)15-12-8-10(2)4-6-14-12/h3-8H,1-2H3. The Morgan fingerprint density at radius 3 is 1.73 bits per heavy atom. The van der Waals surface area contributed by atoms with Gasteiger partial charge < -0.3 is 4.74 Å². The van der Waals surface area contributed by atoms with Gasteiger partial charge in [0.05, 0.1) is 0 Å². The minimum atomic E-state index is 0.577. The van der Waals surface area contributed by atoms with Crippen molar-refractivity contribution < 1.29 is 4.74 Å². The summed E-state index contributed by atoms with van der Waals surface area (Å²) in [6.45, 7) is 4.00. The van der Waals surface area contributed by atoms with E-state index in [0.29, 0.717) is 11.8 Å². The lowest BCUT2D eigenvalue weighted by Crippen LogP contribution is -1.90. The van der Waals surface area contributed by atoms with E-state index in [1.165, 1.54) is 0 Å². The number of ether oxygens (including phenoxy) is 1. The van der Waals surface area contributed by atoms with Gasteiger partial charge in [0.1, 0.15) is 0 Å². The molecular weight excluding hydrogens is 188 g/mol. The van der Waals surface area contributed by atoms with Crippen LogP contribution in [0.3, 0.4) is 0 Å². The summed E-state index contributed by atoms with van der Waals surface area (Å²) in [5.41, 5.74) is 2.24. The van der Waals surface area contributed by atoms with Crippen LogP contribution in [-0.2, 0) is 0 Å². The fraction of sp³-hybridized carbons (Fsp3) is 0.167. The van der Waals surface area contributed by atoms with Crippen molar-refractivity contribution in [2.45, 2.75) is 13.8 Å². The molecule has 0 saturated carbocycles. The molecule has 0 saturated heterocycles. The highest BCUT2D eigenvalue weighted by Gasteiger charge is 1.99. The van der Waals surface area contributed by atoms with Crippen LogP contribution in [0.15, 0.2) is 36.7 Å². The number of aryl methyl sites for hydroxylation is 2. The van der Waals surface area contributed by atoms with Crippen LogP contribution in [0.4, 0.5) is 0 Å². The Bertz CT molecular complexity index is 425. The van der Waals surface area contributed by atoms with Crippen molar-refractivity contribution in [3.8, 4) is 11.8 Å². The normalized spacial score (nSPS) is 10.0. The second kappa shape index (κ2) is 4.09. The van der Waals surface area contributed by atoms with E-state index in [9.17, 15) is 0 Å². The fourth-order valence-electron chi connectivity index (χ4n) is 1.24. The maximum Gasteiger partial charge on any atom is 0.221 e. The molecule has 0 spiro atoms. The Kier molecular flexibility index (Phi) is 2.63. The van der Waals surface area contributed by atoms with Gasteiger partial charge in [-0.25, -0.2) is 9.97 Å². The highest BCUT2D eigenvalue weighted by Crippen LogP contribution is 2.17. The average molecular weight is 200 g/mol. The molecule has 2 aromatic rings. The maximum absolute atomic E-state index is 5.52. The maximum atomic E-state index is 5.52. The van der Waals surface area contributed by atoms with Gasteiger partial charge in [0.25, 0.3) is 0 Å². The number of aromatic nitrogens is 2. The monoisotopic (exact) mass is 200 g/mol. The molecule has 0 aliphatic carbocycles. The molecule has 3 nitrogen and oxygen atoms in total. The number of pyridine rings is 2. The number of rotatable bonds is 2. The summed E-state index contributed by atoms with van der Waals surface area (Å²) < 4.78 is 5.52. The molecule has 0 unspecified atom stereocenters. The Labute approximate surface area is 88.8 Å². The molecule has 2 rings (SSSR count). The first-order chi connectivity index (χ1) is 7.24. The number of hydrogen-bond acceptors (Lipinski definition) is 3. The van der Waals surface area contributed by atoms with E-state index in [1.54, 1.807) is 12.4 Å². The van der Waals surface area contributed by atoms with Crippen molar-refractivity contribution in [2.75, 3.05) is 0 Å². The molecule has 15 heavy (non-hydrogen) atoms. The first-order valence-electron chi connectivity index (χ1n) is 4.77. The molecule has 0 atom stereocenters. The van der Waals surface area contributed by atoms with Gasteiger partial charge >= 0.3 is 0 Å². The zero-order chi connectivity index (χ0) is 10.7. The van der Waals surface area contributed by atoms with E-state index in [1.807, 2.05) is 38.1 Å². The van der Waals surface area contributed by atoms with Gasteiger partial charge in [-0.3, -0.25) is 0 Å². The van der Waals surface area contributed by atoms with Crippen molar-refractivity contribution in [3.05, 3.63) is 47.8 Å². The Morgan fingerprint density at radius 2 is 1.33 bits per heavy atom. The van der Waals surface area contributed by atoms with Crippen LogP contribution >= 0.6 is 0 Å². The molecule has 0 fully saturated rings. The predicted octanol–water partition coefficient (Wildman–Crippen LogP) is 2.89. The van der Waals surface area contributed by atoms with Crippen LogP contribution in [-0.4, -0.2) is 9.97 Å². The number of hydrogen-bond donors (Lipinski definition) is 0. The molecule has 0 aliphatic heterocycles. The van der Waals surface area contributed by atoms with Gasteiger partial charge in [-0.2, -0.15) is 0 Å². The van der Waals surface area contributed by atoms with Crippen molar-refractivity contribution in [2.24, 2.45) is 0 Å². The van der Waals surface area contributed by atoms with E-state index in [4.69, 9.17) is 4.74 Å². The zero-order valence-electron chi connectivity index (χ0n) is 8.77. The van der Waals surface area contributed by atoms with Gasteiger partial charge in [-0.15, -0.1) is 0 Å². The molecule has 0 aliphatic rings. The van der Waals surface area contributed by atoms with Crippen LogP contribution < -0.4 is 4.74 Å². The summed E-state index contributed by atoms with van der Waals surface area (Å²) in [6, 6.07) is 7.61. The molecule has 76 valence electrons. The molecule has 0 radical (unpaired) electrons. The fourth-order valence-corrected chi connectivity index (χ4v) is 1.24. The molecule has 0 bridgehead atoms. The third-order valence-corrected chi connectivity index (χ3v) is 1.99. The number of nitrogens with zero attached hydrogens (tertiary/aromatic N) is 2. The van der Waals surface area contributed by atoms with Crippen LogP contribution in [0.1, 0.15) is 11.1 Å². The van der Waals surface area contributed by atoms with Crippen LogP contribution in [0.25, 0.3) is 0 Å². The quantitative estimate of drug-likeness (QED) is 0.747. The minimum Gasteiger partial charge on any atom is -0.421 e. The van der Waals surface area contributed by atoms with E-state index in [-0.39, 0.29) is 0 Å². The molecular formula is C12H12N2O. The average Bonchev–Trinajstić information content (AvgIpc) is 2.17. The van der Waals surface area contributed by atoms with Crippen molar-refractivity contribution in [1.82, 2.24) is 9.97 Å². The van der Waals surface area contributed by atoms with Gasteiger partial charge in [0.15, 0.2) is 0 Å². The third-order valence-electron chi connectivity index (χ3n) is 1.99. The van der Waals surface area contributed by atoms with Crippen LogP contribution in [0.5, 0.6) is 11.8 Å². The van der Waals surface area contributed by atoms with Crippen molar-refractivity contribution in [1.29, 1.82) is 0 Å². The van der Waals surface area contributed by atoms with E-state index < -0.39 is 0 Å². The predicted molar refractivity (Wildman–Crippen MR) is 58.0 cm³/mol. The van der Waals surface area contributed by atoms with Crippen LogP contribution in [0.2, 0.25) is 0 Å². The van der Waals surface area contributed by atoms with Gasteiger partial charge in [0.2, 0.25) is 11.8 Å². The lowest BCUT2D eigenvalue weighted by atomic mass is 10.3. The van der Waals surface area contributed by atoms with Gasteiger partial charge in [-0.05, 0) is 37.1 Å². The molecule has 2 aromatic heterocycles. The van der Waals surface area contributed by atoms with Crippen LogP contribution in [0, 0.1) is 13.8 Å². The molecule has 0 amide bonds. The SMILES string of the molecule is Cc1ccnc(Oc2cc(C)ccn2)c1. The lowest BCUT2D eigenvalue weighted by molar-refractivity contribution is 0.444. The lowest BCUT2D eigenvalue weighted by Gasteiger charge is -2.04. The molecule has 2 heterocycles. The van der Waals surface area contributed by atoms with Gasteiger partial charge in [0, 0.05) is 24.5 Å². The second-order valence-corrected chi connectivity index (χ2v) is 3.44. The van der Waals surface area contributed by atoms with Gasteiger partial charge in [-0.1, -0.05) is 0 Å². The first-order valence-corrected chi connectivity index (χ1v) is 4.77. The van der Waals surface area contributed by atoms with E-state index in [2.05, 4.69) is 9.97 Å². The minimum absolute atomic E-state index is 0.577. The van der Waals surface area contributed by atoms with E-state index in [0.717, 1.165) is 11.1 Å². The molecule has 3 heteroatoms. The topological polar surface area (TPSA) is 35.0 Å². The summed E-state index contributed by atoms with van der Waals surface area (Å²) in [7, 11) is 0. The summed E-state index contributed by atoms with van der Waals surface area (Å²) in [5.74, 6) is 1.15. The smallest absolute Gasteiger partial charge is 0.221 e. The Hall–Kier alpha value is -1.90. The summed E-state index contributed by atoms with van der Waals surface area (Å²) in [5, 5.41) is 0. The largest absolute Gasteiger partial charge is 0.421 e. The van der Waals surface area contributed by atoms with Crippen molar-refractivity contribution in [3.63, 3.8) is 0 Å².